The molecule has 172 valence electrons. The van der Waals surface area contributed by atoms with Crippen LogP contribution in [0.25, 0.3) is 11.3 Å². The molecule has 11 heteroatoms. The van der Waals surface area contributed by atoms with Gasteiger partial charge >= 0.3 is 18.0 Å². The van der Waals surface area contributed by atoms with Gasteiger partial charge in [0.2, 0.25) is 0 Å². The number of aliphatic carboxylic acids is 1. The zero-order valence-electron chi connectivity index (χ0n) is 17.7. The van der Waals surface area contributed by atoms with Gasteiger partial charge in [-0.2, -0.15) is 0 Å². The number of nitrogens with one attached hydrogen (secondary N) is 1. The van der Waals surface area contributed by atoms with E-state index in [2.05, 4.69) is 10.3 Å². The molecule has 0 bridgehead atoms. The van der Waals surface area contributed by atoms with E-state index >= 15 is 0 Å². The highest BCUT2D eigenvalue weighted by molar-refractivity contribution is 5.90. The molecule has 1 aromatic carbocycles. The first kappa shape index (κ1) is 23.2. The van der Waals surface area contributed by atoms with E-state index in [9.17, 15) is 28.3 Å². The topological polar surface area (TPSA) is 122 Å². The van der Waals surface area contributed by atoms with E-state index in [0.29, 0.717) is 6.07 Å². The highest BCUT2D eigenvalue weighted by Gasteiger charge is 2.39. The van der Waals surface area contributed by atoms with Gasteiger partial charge in [-0.1, -0.05) is 0 Å². The first-order valence-electron chi connectivity index (χ1n) is 9.87. The van der Waals surface area contributed by atoms with E-state index < -0.39 is 53.1 Å². The largest absolute Gasteiger partial charge is 0.481 e. The molecule has 1 saturated heterocycles. The molecule has 0 spiro atoms. The number of likely N-dealkylation sites (tertiary alicyclic amines) is 1. The van der Waals surface area contributed by atoms with Crippen LogP contribution in [0.5, 0.6) is 0 Å². The Morgan fingerprint density at radius 3 is 2.62 bits per heavy atom. The van der Waals surface area contributed by atoms with Crippen molar-refractivity contribution in [2.24, 2.45) is 5.92 Å². The molecule has 0 unspecified atom stereocenters. The summed E-state index contributed by atoms with van der Waals surface area (Å²) in [4.78, 5) is 41.6. The molecule has 0 aliphatic carbocycles. The molecule has 2 heterocycles. The van der Waals surface area contributed by atoms with Gasteiger partial charge in [0.1, 0.15) is 17.2 Å². The number of carbonyl (C=O) groups is 3. The monoisotopic (exact) mass is 451 g/mol. The van der Waals surface area contributed by atoms with Gasteiger partial charge in [0.25, 0.3) is 5.89 Å². The summed E-state index contributed by atoms with van der Waals surface area (Å²) in [6.07, 6.45) is 0.653. The number of hydrogen-bond acceptors (Lipinski definition) is 6. The van der Waals surface area contributed by atoms with Gasteiger partial charge in [0.05, 0.1) is 17.7 Å². The molecule has 0 saturated carbocycles. The Morgan fingerprint density at radius 1 is 1.28 bits per heavy atom. The van der Waals surface area contributed by atoms with Crippen molar-refractivity contribution >= 4 is 18.0 Å². The zero-order chi connectivity index (χ0) is 23.6. The van der Waals surface area contributed by atoms with Crippen LogP contribution in [-0.2, 0) is 9.53 Å². The van der Waals surface area contributed by atoms with Crippen molar-refractivity contribution in [3.8, 4) is 11.3 Å². The second kappa shape index (κ2) is 8.93. The Balaban J connectivity index is 1.69. The maximum absolute atomic E-state index is 13.9. The number of carboxylic acid groups (broad SMARTS) is 1. The maximum Gasteiger partial charge on any atom is 0.410 e. The summed E-state index contributed by atoms with van der Waals surface area (Å²) in [6, 6.07) is 2.07. The number of aromatic nitrogens is 1. The summed E-state index contributed by atoms with van der Waals surface area (Å²) < 4.78 is 37.6. The number of halogens is 2. The van der Waals surface area contributed by atoms with Gasteiger partial charge in [0, 0.05) is 25.2 Å². The molecular formula is C21H23F2N3O6. The molecule has 1 aliphatic rings. The number of carboxylic acids is 1. The molecule has 2 atom stereocenters. The van der Waals surface area contributed by atoms with Crippen molar-refractivity contribution in [3.63, 3.8) is 0 Å². The number of rotatable bonds is 4. The van der Waals surface area contributed by atoms with Gasteiger partial charge in [-0.15, -0.1) is 0 Å². The second-order valence-corrected chi connectivity index (χ2v) is 8.39. The average molecular weight is 451 g/mol. The average Bonchev–Trinajstić information content (AvgIpc) is 3.16. The predicted octanol–water partition coefficient (Wildman–Crippen LogP) is 3.06. The maximum atomic E-state index is 13.9. The van der Waals surface area contributed by atoms with Crippen LogP contribution in [-0.4, -0.2) is 57.7 Å². The number of hydrogen-bond donors (Lipinski definition) is 2. The van der Waals surface area contributed by atoms with E-state index in [4.69, 9.17) is 9.15 Å². The highest BCUT2D eigenvalue weighted by atomic mass is 19.1. The quantitative estimate of drug-likeness (QED) is 0.733. The van der Waals surface area contributed by atoms with Crippen molar-refractivity contribution in [1.82, 2.24) is 15.2 Å². The van der Waals surface area contributed by atoms with E-state index in [1.807, 2.05) is 0 Å². The Kier molecular flexibility index (Phi) is 6.47. The third-order valence-corrected chi connectivity index (χ3v) is 4.79. The van der Waals surface area contributed by atoms with Gasteiger partial charge in [-0.05, 0) is 39.3 Å². The first-order chi connectivity index (χ1) is 14.9. The Hall–Kier alpha value is -3.50. The zero-order valence-corrected chi connectivity index (χ0v) is 17.7. The molecule has 1 aliphatic heterocycles. The number of nitrogens with zero attached hydrogens (tertiary/aromatic N) is 2. The highest BCUT2D eigenvalue weighted by Crippen LogP contribution is 2.25. The number of oxazole rings is 1. The van der Waals surface area contributed by atoms with Gasteiger partial charge < -0.3 is 24.5 Å². The van der Waals surface area contributed by atoms with Crippen LogP contribution in [0.15, 0.2) is 28.8 Å². The Labute approximate surface area is 182 Å². The molecule has 1 aromatic heterocycles. The summed E-state index contributed by atoms with van der Waals surface area (Å²) in [7, 11) is 0. The molecule has 2 aromatic rings. The van der Waals surface area contributed by atoms with Crippen molar-refractivity contribution in [1.29, 1.82) is 0 Å². The standard InChI is InChI=1S/C21H23F2N3O6/c1-21(2,3)32-20(30)26-7-6-15(13(10-26)19(28)29)25-17(27)18-24-9-16(31-18)12-5-4-11(22)8-14(12)23/h4-5,8-9,13,15H,6-7,10H2,1-3H3,(H,25,27)(H,28,29)/t13-,15-/m0/s1. The summed E-state index contributed by atoms with van der Waals surface area (Å²) in [5.74, 6) is -5.19. The minimum absolute atomic E-state index is 0.0768. The lowest BCUT2D eigenvalue weighted by atomic mass is 9.92. The minimum Gasteiger partial charge on any atom is -0.481 e. The van der Waals surface area contributed by atoms with Crippen LogP contribution in [0.4, 0.5) is 13.6 Å². The first-order valence-corrected chi connectivity index (χ1v) is 9.87. The van der Waals surface area contributed by atoms with E-state index in [0.717, 1.165) is 18.3 Å². The van der Waals surface area contributed by atoms with Crippen molar-refractivity contribution in [3.05, 3.63) is 41.9 Å². The van der Waals surface area contributed by atoms with E-state index in [-0.39, 0.29) is 30.8 Å². The van der Waals surface area contributed by atoms with E-state index in [1.54, 1.807) is 20.8 Å². The summed E-state index contributed by atoms with van der Waals surface area (Å²) in [5.41, 5.74) is -0.805. The Morgan fingerprint density at radius 2 is 2.00 bits per heavy atom. The van der Waals surface area contributed by atoms with Crippen LogP contribution in [0.1, 0.15) is 37.9 Å². The second-order valence-electron chi connectivity index (χ2n) is 8.39. The SMILES string of the molecule is CC(C)(C)OC(=O)N1CC[C@H](NC(=O)c2ncc(-c3ccc(F)cc3F)o2)[C@@H](C(=O)O)C1. The fourth-order valence-electron chi connectivity index (χ4n) is 3.29. The molecule has 32 heavy (non-hydrogen) atoms. The lowest BCUT2D eigenvalue weighted by Gasteiger charge is -2.37. The molecule has 2 amide bonds. The normalized spacial score (nSPS) is 18.8. The van der Waals surface area contributed by atoms with E-state index in [1.165, 1.54) is 4.90 Å². The molecule has 1 fully saturated rings. The third-order valence-electron chi connectivity index (χ3n) is 4.79. The van der Waals surface area contributed by atoms with Gasteiger partial charge in [-0.25, -0.2) is 18.6 Å². The fraction of sp³-hybridized carbons (Fsp3) is 0.429. The number of carbonyl (C=O) groups excluding carboxylic acids is 2. The van der Waals surface area contributed by atoms with Crippen LogP contribution >= 0.6 is 0 Å². The molecule has 9 nitrogen and oxygen atoms in total. The van der Waals surface area contributed by atoms with Gasteiger partial charge in [-0.3, -0.25) is 9.59 Å². The minimum atomic E-state index is -1.19. The summed E-state index contributed by atoms with van der Waals surface area (Å²) in [5, 5.41) is 12.1. The summed E-state index contributed by atoms with van der Waals surface area (Å²) in [6.45, 7) is 5.15. The number of ether oxygens (including phenoxy) is 1. The molecule has 3 rings (SSSR count). The smallest absolute Gasteiger partial charge is 0.410 e. The molecule has 2 N–H and O–H groups in total. The number of amides is 2. The van der Waals surface area contributed by atoms with Crippen LogP contribution in [0.2, 0.25) is 0 Å². The predicted molar refractivity (Wildman–Crippen MR) is 107 cm³/mol. The number of piperidine rings is 1. The van der Waals surface area contributed by atoms with Crippen LogP contribution in [0.3, 0.4) is 0 Å². The number of benzene rings is 1. The van der Waals surface area contributed by atoms with Gasteiger partial charge in [0.15, 0.2) is 5.76 Å². The molecular weight excluding hydrogens is 428 g/mol. The summed E-state index contributed by atoms with van der Waals surface area (Å²) >= 11 is 0. The fourth-order valence-corrected chi connectivity index (χ4v) is 3.29. The van der Waals surface area contributed by atoms with Crippen LogP contribution < -0.4 is 5.32 Å². The van der Waals surface area contributed by atoms with Crippen molar-refractivity contribution in [2.75, 3.05) is 13.1 Å². The molecule has 0 radical (unpaired) electrons. The van der Waals surface area contributed by atoms with Crippen molar-refractivity contribution < 1.29 is 37.4 Å². The lowest BCUT2D eigenvalue weighted by Crippen LogP contribution is -2.55. The van der Waals surface area contributed by atoms with Crippen molar-refractivity contribution in [2.45, 2.75) is 38.8 Å². The lowest BCUT2D eigenvalue weighted by molar-refractivity contribution is -0.144. The van der Waals surface area contributed by atoms with Crippen LogP contribution in [0, 0.1) is 17.6 Å². The third kappa shape index (κ3) is 5.40. The Bertz CT molecular complexity index is 1030.